The van der Waals surface area contributed by atoms with E-state index in [1.807, 2.05) is 12.1 Å². The lowest BCUT2D eigenvalue weighted by molar-refractivity contribution is -0.136. The van der Waals surface area contributed by atoms with Crippen LogP contribution in [0.25, 0.3) is 0 Å². The van der Waals surface area contributed by atoms with Gasteiger partial charge in [-0.15, -0.1) is 0 Å². The maximum absolute atomic E-state index is 12.1. The summed E-state index contributed by atoms with van der Waals surface area (Å²) in [7, 11) is 0.0649. The van der Waals surface area contributed by atoms with Gasteiger partial charge in [0.25, 0.3) is 0 Å². The maximum Gasteiger partial charge on any atom is 0.232 e. The molecule has 2 amide bonds. The molecule has 0 bridgehead atoms. The summed E-state index contributed by atoms with van der Waals surface area (Å²) in [5.41, 5.74) is 0.895. The van der Waals surface area contributed by atoms with E-state index in [9.17, 15) is 18.0 Å². The zero-order valence-corrected chi connectivity index (χ0v) is 14.6. The first-order valence-electron chi connectivity index (χ1n) is 7.66. The van der Waals surface area contributed by atoms with E-state index >= 15 is 0 Å². The Hall–Kier alpha value is -2.09. The second-order valence-electron chi connectivity index (χ2n) is 5.86. The quantitative estimate of drug-likeness (QED) is 0.744. The van der Waals surface area contributed by atoms with E-state index in [0.717, 1.165) is 11.3 Å². The Labute approximate surface area is 141 Å². The lowest BCUT2D eigenvalue weighted by Gasteiger charge is -2.23. The molecule has 0 aromatic heterocycles. The van der Waals surface area contributed by atoms with Crippen LogP contribution in [0.5, 0.6) is 5.75 Å². The number of ether oxygens (including phenoxy) is 1. The summed E-state index contributed by atoms with van der Waals surface area (Å²) in [6.07, 6.45) is 0.140. The third-order valence-electron chi connectivity index (χ3n) is 4.11. The highest BCUT2D eigenvalue weighted by atomic mass is 32.2. The molecule has 8 heteroatoms. The zero-order chi connectivity index (χ0) is 17.7. The van der Waals surface area contributed by atoms with Crippen molar-refractivity contribution < 1.29 is 22.7 Å². The molecule has 0 saturated carbocycles. The number of hydrogen-bond donors (Lipinski definition) is 1. The van der Waals surface area contributed by atoms with Gasteiger partial charge in [0, 0.05) is 19.6 Å². The summed E-state index contributed by atoms with van der Waals surface area (Å²) in [5, 5.41) is 2.68. The van der Waals surface area contributed by atoms with Gasteiger partial charge in [-0.1, -0.05) is 12.1 Å². The SMILES string of the molecule is COc1ccc(CNC(=O)CC(=O)N(C)C2CCS(=O)(=O)C2)cc1. The summed E-state index contributed by atoms with van der Waals surface area (Å²) in [4.78, 5) is 25.4. The van der Waals surface area contributed by atoms with Crippen molar-refractivity contribution in [1.82, 2.24) is 10.2 Å². The van der Waals surface area contributed by atoms with Crippen molar-refractivity contribution in [3.05, 3.63) is 29.8 Å². The smallest absolute Gasteiger partial charge is 0.232 e. The first kappa shape index (κ1) is 18.3. The van der Waals surface area contributed by atoms with Crippen LogP contribution in [-0.4, -0.2) is 56.8 Å². The number of nitrogens with zero attached hydrogens (tertiary/aromatic N) is 1. The molecule has 1 N–H and O–H groups in total. The average molecular weight is 354 g/mol. The Morgan fingerprint density at radius 1 is 1.29 bits per heavy atom. The summed E-state index contributed by atoms with van der Waals surface area (Å²) in [6.45, 7) is 0.317. The topological polar surface area (TPSA) is 92.8 Å². The molecule has 1 unspecified atom stereocenters. The molecular weight excluding hydrogens is 332 g/mol. The van der Waals surface area contributed by atoms with Crippen LogP contribution in [0.4, 0.5) is 0 Å². The zero-order valence-electron chi connectivity index (χ0n) is 13.8. The van der Waals surface area contributed by atoms with Gasteiger partial charge < -0.3 is 15.0 Å². The predicted molar refractivity (Wildman–Crippen MR) is 89.3 cm³/mol. The van der Waals surface area contributed by atoms with Crippen molar-refractivity contribution >= 4 is 21.7 Å². The highest BCUT2D eigenvalue weighted by Crippen LogP contribution is 2.17. The molecule has 1 fully saturated rings. The van der Waals surface area contributed by atoms with Gasteiger partial charge in [-0.25, -0.2) is 8.42 Å². The standard InChI is InChI=1S/C16H22N2O5S/c1-18(13-7-8-24(21,22)11-13)16(20)9-15(19)17-10-12-3-5-14(23-2)6-4-12/h3-6,13H,7-11H2,1-2H3,(H,17,19). The Morgan fingerprint density at radius 3 is 2.50 bits per heavy atom. The van der Waals surface area contributed by atoms with Gasteiger partial charge in [-0.05, 0) is 24.1 Å². The summed E-state index contributed by atoms with van der Waals surface area (Å²) >= 11 is 0. The van der Waals surface area contributed by atoms with Crippen LogP contribution in [0.1, 0.15) is 18.4 Å². The van der Waals surface area contributed by atoms with Crippen LogP contribution in [0.15, 0.2) is 24.3 Å². The number of methoxy groups -OCH3 is 1. The minimum absolute atomic E-state index is 0.0251. The van der Waals surface area contributed by atoms with E-state index in [1.54, 1.807) is 26.3 Å². The molecule has 1 aromatic carbocycles. The average Bonchev–Trinajstić information content (AvgIpc) is 2.92. The lowest BCUT2D eigenvalue weighted by atomic mass is 10.2. The Bertz CT molecular complexity index is 700. The number of rotatable bonds is 6. The number of nitrogens with one attached hydrogen (secondary N) is 1. The molecule has 0 radical (unpaired) electrons. The summed E-state index contributed by atoms with van der Waals surface area (Å²) < 4.78 is 28.0. The molecule has 24 heavy (non-hydrogen) atoms. The Morgan fingerprint density at radius 2 is 1.96 bits per heavy atom. The normalized spacial score (nSPS) is 18.8. The van der Waals surface area contributed by atoms with Gasteiger partial charge in [0.2, 0.25) is 11.8 Å². The first-order valence-corrected chi connectivity index (χ1v) is 9.48. The van der Waals surface area contributed by atoms with Gasteiger partial charge in [-0.2, -0.15) is 0 Å². The number of benzene rings is 1. The molecule has 0 aliphatic carbocycles. The number of sulfone groups is 1. The van der Waals surface area contributed by atoms with Gasteiger partial charge >= 0.3 is 0 Å². The van der Waals surface area contributed by atoms with E-state index in [0.29, 0.717) is 13.0 Å². The molecule has 1 saturated heterocycles. The molecule has 1 heterocycles. The molecule has 2 rings (SSSR count). The minimum Gasteiger partial charge on any atom is -0.497 e. The predicted octanol–water partition coefficient (Wildman–Crippen LogP) is 0.347. The van der Waals surface area contributed by atoms with E-state index in [4.69, 9.17) is 4.74 Å². The van der Waals surface area contributed by atoms with Crippen LogP contribution >= 0.6 is 0 Å². The van der Waals surface area contributed by atoms with Crippen molar-refractivity contribution in [1.29, 1.82) is 0 Å². The van der Waals surface area contributed by atoms with E-state index in [2.05, 4.69) is 5.32 Å². The van der Waals surface area contributed by atoms with Crippen LogP contribution in [0.2, 0.25) is 0 Å². The molecule has 132 valence electrons. The van der Waals surface area contributed by atoms with Crippen molar-refractivity contribution in [2.24, 2.45) is 0 Å². The first-order chi connectivity index (χ1) is 11.3. The second-order valence-corrected chi connectivity index (χ2v) is 8.09. The van der Waals surface area contributed by atoms with Crippen LogP contribution < -0.4 is 10.1 Å². The molecule has 1 atom stereocenters. The fourth-order valence-electron chi connectivity index (χ4n) is 2.55. The monoisotopic (exact) mass is 354 g/mol. The maximum atomic E-state index is 12.1. The minimum atomic E-state index is -3.06. The Balaban J connectivity index is 1.79. The van der Waals surface area contributed by atoms with Gasteiger partial charge in [0.1, 0.15) is 12.2 Å². The highest BCUT2D eigenvalue weighted by molar-refractivity contribution is 7.91. The second kappa shape index (κ2) is 7.65. The van der Waals surface area contributed by atoms with Crippen molar-refractivity contribution in [2.45, 2.75) is 25.4 Å². The van der Waals surface area contributed by atoms with Crippen LogP contribution in [0.3, 0.4) is 0 Å². The number of carbonyl (C=O) groups excluding carboxylic acids is 2. The molecule has 1 aliphatic heterocycles. The summed E-state index contributed by atoms with van der Waals surface area (Å²) in [6, 6.07) is 6.91. The van der Waals surface area contributed by atoms with E-state index in [1.165, 1.54) is 4.90 Å². The van der Waals surface area contributed by atoms with Gasteiger partial charge in [0.15, 0.2) is 9.84 Å². The molecule has 0 spiro atoms. The van der Waals surface area contributed by atoms with Crippen molar-refractivity contribution in [3.8, 4) is 5.75 Å². The highest BCUT2D eigenvalue weighted by Gasteiger charge is 2.33. The van der Waals surface area contributed by atoms with Crippen molar-refractivity contribution in [2.75, 3.05) is 25.7 Å². The number of amides is 2. The third kappa shape index (κ3) is 4.95. The number of carbonyl (C=O) groups is 2. The van der Waals surface area contributed by atoms with Gasteiger partial charge in [-0.3, -0.25) is 9.59 Å². The molecule has 1 aromatic rings. The van der Waals surface area contributed by atoms with Crippen molar-refractivity contribution in [3.63, 3.8) is 0 Å². The number of hydrogen-bond acceptors (Lipinski definition) is 5. The lowest BCUT2D eigenvalue weighted by Crippen LogP contribution is -2.40. The summed E-state index contributed by atoms with van der Waals surface area (Å²) in [5.74, 6) is 0.0445. The molecular formula is C16H22N2O5S. The van der Waals surface area contributed by atoms with E-state index in [-0.39, 0.29) is 35.8 Å². The van der Waals surface area contributed by atoms with Crippen LogP contribution in [-0.2, 0) is 26.0 Å². The van der Waals surface area contributed by atoms with Crippen LogP contribution in [0, 0.1) is 0 Å². The Kier molecular flexibility index (Phi) is 5.82. The van der Waals surface area contributed by atoms with Gasteiger partial charge in [0.05, 0.1) is 18.6 Å². The molecule has 7 nitrogen and oxygen atoms in total. The fraction of sp³-hybridized carbons (Fsp3) is 0.500. The fourth-order valence-corrected chi connectivity index (χ4v) is 4.33. The third-order valence-corrected chi connectivity index (χ3v) is 5.86. The largest absolute Gasteiger partial charge is 0.497 e. The molecule has 1 aliphatic rings. The van der Waals surface area contributed by atoms with E-state index < -0.39 is 9.84 Å².